The van der Waals surface area contributed by atoms with Crippen LogP contribution in [0, 0.1) is 5.82 Å². The smallest absolute Gasteiger partial charge is 0.172 e. The van der Waals surface area contributed by atoms with Crippen LogP contribution in [0.25, 0.3) is 0 Å². The summed E-state index contributed by atoms with van der Waals surface area (Å²) in [6.45, 7) is 0. The van der Waals surface area contributed by atoms with Crippen LogP contribution in [0.1, 0.15) is 27.4 Å². The maximum atomic E-state index is 13.0. The van der Waals surface area contributed by atoms with Crippen molar-refractivity contribution in [3.8, 4) is 5.75 Å². The first kappa shape index (κ1) is 14.4. The minimum atomic E-state index is -0.360. The quantitative estimate of drug-likeness (QED) is 0.802. The van der Waals surface area contributed by atoms with Crippen LogP contribution in [0.15, 0.2) is 30.3 Å². The third-order valence-corrected chi connectivity index (χ3v) is 4.58. The lowest BCUT2D eigenvalue weighted by atomic mass is 9.95. The maximum absolute atomic E-state index is 13.0. The highest BCUT2D eigenvalue weighted by atomic mass is 35.5. The van der Waals surface area contributed by atoms with Crippen molar-refractivity contribution in [1.29, 1.82) is 0 Å². The van der Waals surface area contributed by atoms with Crippen LogP contribution in [-0.4, -0.2) is 12.9 Å². The van der Waals surface area contributed by atoms with Crippen molar-refractivity contribution in [1.82, 2.24) is 0 Å². The van der Waals surface area contributed by atoms with E-state index in [1.807, 2.05) is 0 Å². The fraction of sp³-hybridized carbons (Fsp3) is 0.188. The van der Waals surface area contributed by atoms with Crippen molar-refractivity contribution in [2.24, 2.45) is 0 Å². The molecule has 0 spiro atoms. The Hall–Kier alpha value is -1.58. The van der Waals surface area contributed by atoms with Gasteiger partial charge in [0.05, 0.1) is 18.1 Å². The Morgan fingerprint density at radius 2 is 1.86 bits per heavy atom. The average molecular weight is 325 g/mol. The van der Waals surface area contributed by atoms with E-state index in [2.05, 4.69) is 0 Å². The van der Waals surface area contributed by atoms with Crippen LogP contribution in [0.3, 0.4) is 0 Å². The molecule has 3 rings (SSSR count). The molecule has 21 heavy (non-hydrogen) atoms. The van der Waals surface area contributed by atoms with Crippen molar-refractivity contribution in [3.63, 3.8) is 0 Å². The summed E-state index contributed by atoms with van der Waals surface area (Å²) in [5.74, 6) is -0.329. The van der Waals surface area contributed by atoms with Crippen molar-refractivity contribution >= 4 is 29.0 Å². The first-order chi connectivity index (χ1) is 10.0. The van der Waals surface area contributed by atoms with Crippen LogP contribution < -0.4 is 4.74 Å². The number of carbonyl (C=O) groups excluding carboxylic acids is 1. The van der Waals surface area contributed by atoms with Crippen molar-refractivity contribution in [3.05, 3.63) is 62.9 Å². The molecular weight excluding hydrogens is 314 g/mol. The monoisotopic (exact) mass is 324 g/mol. The number of hydrogen-bond donors (Lipinski definition) is 0. The van der Waals surface area contributed by atoms with E-state index in [0.717, 1.165) is 11.1 Å². The van der Waals surface area contributed by atoms with Gasteiger partial charge in [-0.1, -0.05) is 35.3 Å². The van der Waals surface area contributed by atoms with Gasteiger partial charge in [0.2, 0.25) is 0 Å². The van der Waals surface area contributed by atoms with Crippen LogP contribution in [-0.2, 0) is 6.42 Å². The largest absolute Gasteiger partial charge is 0.495 e. The van der Waals surface area contributed by atoms with Gasteiger partial charge < -0.3 is 4.74 Å². The van der Waals surface area contributed by atoms with E-state index >= 15 is 0 Å². The molecule has 1 unspecified atom stereocenters. The second-order valence-electron chi connectivity index (χ2n) is 4.91. The summed E-state index contributed by atoms with van der Waals surface area (Å²) in [4.78, 5) is 12.6. The van der Waals surface area contributed by atoms with E-state index in [-0.39, 0.29) is 27.6 Å². The number of benzene rings is 2. The Morgan fingerprint density at radius 3 is 2.48 bits per heavy atom. The third kappa shape index (κ3) is 2.30. The molecular formula is C16H11Cl2FO2. The molecule has 2 aromatic carbocycles. The second kappa shape index (κ2) is 5.32. The average Bonchev–Trinajstić information content (AvgIpc) is 2.81. The van der Waals surface area contributed by atoms with Gasteiger partial charge in [-0.3, -0.25) is 4.79 Å². The SMILES string of the molecule is COc1cc2c(c(Cl)c1Cl)C(=O)C(c1ccc(F)cc1)C2. The van der Waals surface area contributed by atoms with E-state index in [0.29, 0.717) is 17.7 Å². The van der Waals surface area contributed by atoms with Crippen LogP contribution in [0.4, 0.5) is 4.39 Å². The molecule has 0 fully saturated rings. The van der Waals surface area contributed by atoms with Gasteiger partial charge in [0, 0.05) is 5.56 Å². The Balaban J connectivity index is 2.06. The molecule has 0 amide bonds. The number of methoxy groups -OCH3 is 1. The summed E-state index contributed by atoms with van der Waals surface area (Å²) in [6.07, 6.45) is 0.507. The lowest BCUT2D eigenvalue weighted by molar-refractivity contribution is 0.0973. The zero-order valence-corrected chi connectivity index (χ0v) is 12.6. The zero-order chi connectivity index (χ0) is 15.1. The van der Waals surface area contributed by atoms with Crippen LogP contribution in [0.5, 0.6) is 5.75 Å². The molecule has 0 N–H and O–H groups in total. The van der Waals surface area contributed by atoms with E-state index in [9.17, 15) is 9.18 Å². The molecule has 1 atom stereocenters. The van der Waals surface area contributed by atoms with Gasteiger partial charge in [0.15, 0.2) is 5.78 Å². The molecule has 0 heterocycles. The number of ether oxygens (including phenoxy) is 1. The number of Topliss-reactive ketones (excluding diaryl/α,β-unsaturated/α-hetero) is 1. The van der Waals surface area contributed by atoms with Gasteiger partial charge in [0.25, 0.3) is 0 Å². The number of hydrogen-bond acceptors (Lipinski definition) is 2. The predicted molar refractivity (Wildman–Crippen MR) is 80.2 cm³/mol. The van der Waals surface area contributed by atoms with Gasteiger partial charge >= 0.3 is 0 Å². The molecule has 0 bridgehead atoms. The molecule has 0 saturated heterocycles. The summed E-state index contributed by atoms with van der Waals surface area (Å²) in [6, 6.07) is 7.68. The number of fused-ring (bicyclic) bond motifs is 1. The minimum Gasteiger partial charge on any atom is -0.495 e. The Bertz CT molecular complexity index is 726. The van der Waals surface area contributed by atoms with E-state index in [1.54, 1.807) is 18.2 Å². The van der Waals surface area contributed by atoms with Gasteiger partial charge in [-0.15, -0.1) is 0 Å². The Kier molecular flexibility index (Phi) is 3.64. The number of ketones is 1. The first-order valence-corrected chi connectivity index (χ1v) is 7.13. The lowest BCUT2D eigenvalue weighted by Gasteiger charge is -2.08. The maximum Gasteiger partial charge on any atom is 0.172 e. The van der Waals surface area contributed by atoms with Gasteiger partial charge in [-0.05, 0) is 35.7 Å². The zero-order valence-electron chi connectivity index (χ0n) is 11.1. The topological polar surface area (TPSA) is 26.3 Å². The summed E-state index contributed by atoms with van der Waals surface area (Å²) >= 11 is 12.3. The highest BCUT2D eigenvalue weighted by Crippen LogP contribution is 2.44. The van der Waals surface area contributed by atoms with Crippen LogP contribution in [0.2, 0.25) is 10.0 Å². The molecule has 0 aromatic heterocycles. The summed E-state index contributed by atoms with van der Waals surface area (Å²) in [5, 5.41) is 0.464. The Labute approximate surface area is 131 Å². The molecule has 108 valence electrons. The van der Waals surface area contributed by atoms with Crippen LogP contribution >= 0.6 is 23.2 Å². The number of halogens is 3. The summed E-state index contributed by atoms with van der Waals surface area (Å²) in [5.41, 5.74) is 2.01. The summed E-state index contributed by atoms with van der Waals surface area (Å²) < 4.78 is 18.2. The van der Waals surface area contributed by atoms with Gasteiger partial charge in [-0.2, -0.15) is 0 Å². The molecule has 0 saturated carbocycles. The van der Waals surface area contributed by atoms with E-state index in [4.69, 9.17) is 27.9 Å². The molecule has 2 aromatic rings. The first-order valence-electron chi connectivity index (χ1n) is 6.37. The highest BCUT2D eigenvalue weighted by molar-refractivity contribution is 6.45. The lowest BCUT2D eigenvalue weighted by Crippen LogP contribution is -2.07. The molecule has 1 aliphatic rings. The third-order valence-electron chi connectivity index (χ3n) is 3.73. The standard InChI is InChI=1S/C16H11Cl2FO2/c1-21-12-7-9-6-11(8-2-4-10(19)5-3-8)16(20)13(9)15(18)14(12)17/h2-5,7,11H,6H2,1H3. The van der Waals surface area contributed by atoms with Crippen molar-refractivity contribution in [2.75, 3.05) is 7.11 Å². The van der Waals surface area contributed by atoms with Crippen molar-refractivity contribution in [2.45, 2.75) is 12.3 Å². The number of carbonyl (C=O) groups is 1. The van der Waals surface area contributed by atoms with E-state index < -0.39 is 0 Å². The Morgan fingerprint density at radius 1 is 1.19 bits per heavy atom. The van der Waals surface area contributed by atoms with E-state index in [1.165, 1.54) is 19.2 Å². The molecule has 0 aliphatic heterocycles. The predicted octanol–water partition coefficient (Wildman–Crippen LogP) is 4.66. The fourth-order valence-corrected chi connectivity index (χ4v) is 3.21. The van der Waals surface area contributed by atoms with Gasteiger partial charge in [0.1, 0.15) is 16.6 Å². The number of rotatable bonds is 2. The molecule has 2 nitrogen and oxygen atoms in total. The normalized spacial score (nSPS) is 17.0. The second-order valence-corrected chi connectivity index (χ2v) is 5.67. The van der Waals surface area contributed by atoms with Crippen molar-refractivity contribution < 1.29 is 13.9 Å². The summed E-state index contributed by atoms with van der Waals surface area (Å²) in [7, 11) is 1.50. The fourth-order valence-electron chi connectivity index (χ4n) is 2.68. The molecule has 1 aliphatic carbocycles. The highest BCUT2D eigenvalue weighted by Gasteiger charge is 2.35. The minimum absolute atomic E-state index is 0.0915. The van der Waals surface area contributed by atoms with Gasteiger partial charge in [-0.25, -0.2) is 4.39 Å². The molecule has 5 heteroatoms. The molecule has 0 radical (unpaired) electrons.